The zero-order chi connectivity index (χ0) is 21.6. The number of nitrogens with one attached hydrogen (secondary N) is 1. The van der Waals surface area contributed by atoms with E-state index >= 15 is 0 Å². The fourth-order valence-electron chi connectivity index (χ4n) is 3.47. The van der Waals surface area contributed by atoms with Gasteiger partial charge in [-0.3, -0.25) is 14.0 Å². The van der Waals surface area contributed by atoms with Crippen LogP contribution in [0.4, 0.5) is 0 Å². The minimum absolute atomic E-state index is 0.00331. The lowest BCUT2D eigenvalue weighted by atomic mass is 9.72. The predicted molar refractivity (Wildman–Crippen MR) is 124 cm³/mol. The summed E-state index contributed by atoms with van der Waals surface area (Å²) in [7, 11) is 3.63. The molecule has 1 heterocycles. The number of amides is 1. The molecule has 0 aromatic carbocycles. The zero-order valence-electron chi connectivity index (χ0n) is 18.3. The van der Waals surface area contributed by atoms with E-state index in [0.717, 1.165) is 46.4 Å². The normalized spacial score (nSPS) is 18.1. The number of hydrogen-bond donors (Lipinski definition) is 1. The molecule has 0 fully saturated rings. The highest BCUT2D eigenvalue weighted by Gasteiger charge is 2.31. The second-order valence-electron chi connectivity index (χ2n) is 8.44. The molecule has 1 aliphatic carbocycles. The first-order valence-corrected chi connectivity index (χ1v) is 10.8. The van der Waals surface area contributed by atoms with Gasteiger partial charge in [0.2, 0.25) is 5.91 Å². The van der Waals surface area contributed by atoms with E-state index in [0.29, 0.717) is 0 Å². The maximum Gasteiger partial charge on any atom is 0.258 e. The van der Waals surface area contributed by atoms with E-state index in [-0.39, 0.29) is 16.9 Å². The van der Waals surface area contributed by atoms with Crippen LogP contribution in [0.25, 0.3) is 6.08 Å². The fourth-order valence-corrected chi connectivity index (χ4v) is 4.15. The summed E-state index contributed by atoms with van der Waals surface area (Å²) in [5.41, 5.74) is 4.22. The second kappa shape index (κ2) is 9.88. The summed E-state index contributed by atoms with van der Waals surface area (Å²) < 4.78 is 2.69. The lowest BCUT2D eigenvalue weighted by Gasteiger charge is -2.34. The van der Waals surface area contributed by atoms with E-state index < -0.39 is 0 Å². The molecule has 1 aromatic heterocycles. The Kier molecular flexibility index (Phi) is 7.80. The van der Waals surface area contributed by atoms with Crippen molar-refractivity contribution in [3.8, 4) is 0 Å². The van der Waals surface area contributed by atoms with Gasteiger partial charge in [-0.05, 0) is 55.7 Å². The Morgan fingerprint density at radius 3 is 2.55 bits per heavy atom. The van der Waals surface area contributed by atoms with Gasteiger partial charge in [0.05, 0.1) is 0 Å². The zero-order valence-corrected chi connectivity index (χ0v) is 19.2. The Labute approximate surface area is 178 Å². The number of likely N-dealkylation sites (N-methyl/N-ethyl adjacent to an activating group) is 1. The number of H-pyrrole nitrogens is 1. The Balaban J connectivity index is 2.18. The molecule has 0 unspecified atom stereocenters. The van der Waals surface area contributed by atoms with Gasteiger partial charge in [-0.15, -0.1) is 0 Å². The standard InChI is InChI=1S/C24H32N2O2S/c1-17(9-7-10-18(2)15-19-16-22(27)25-29-19)12-13-21-20(23(28)26(5)6)11-8-14-24(21,3)4/h7,9-10,12-13,15-16H,8,11,14H2,1-6H3,(H,25,27)/b10-7+,13-12+,17-9+,18-15+. The molecule has 29 heavy (non-hydrogen) atoms. The third-order valence-corrected chi connectivity index (χ3v) is 5.87. The topological polar surface area (TPSA) is 53.2 Å². The minimum atomic E-state index is -0.0639. The van der Waals surface area contributed by atoms with E-state index in [9.17, 15) is 9.59 Å². The first-order valence-electron chi connectivity index (χ1n) is 9.95. The monoisotopic (exact) mass is 412 g/mol. The number of nitrogens with zero attached hydrogens (tertiary/aromatic N) is 1. The molecule has 0 aliphatic heterocycles. The van der Waals surface area contributed by atoms with Crippen molar-refractivity contribution in [3.63, 3.8) is 0 Å². The van der Waals surface area contributed by atoms with Crippen LogP contribution in [0.1, 0.15) is 51.8 Å². The van der Waals surface area contributed by atoms with Crippen molar-refractivity contribution in [2.45, 2.75) is 47.0 Å². The van der Waals surface area contributed by atoms with Crippen molar-refractivity contribution in [3.05, 3.63) is 74.0 Å². The molecule has 4 nitrogen and oxygen atoms in total. The number of carbonyl (C=O) groups excluding carboxylic acids is 1. The van der Waals surface area contributed by atoms with Crippen molar-refractivity contribution in [1.82, 2.24) is 9.27 Å². The Bertz CT molecular complexity index is 950. The van der Waals surface area contributed by atoms with E-state index in [1.807, 2.05) is 39.2 Å². The van der Waals surface area contributed by atoms with Crippen LogP contribution < -0.4 is 5.56 Å². The van der Waals surface area contributed by atoms with E-state index in [1.54, 1.807) is 11.0 Å². The molecule has 0 bridgehead atoms. The smallest absolute Gasteiger partial charge is 0.258 e. The van der Waals surface area contributed by atoms with Crippen LogP contribution in [-0.4, -0.2) is 29.3 Å². The summed E-state index contributed by atoms with van der Waals surface area (Å²) in [6, 6.07) is 1.60. The van der Waals surface area contributed by atoms with Gasteiger partial charge in [-0.1, -0.05) is 61.3 Å². The van der Waals surface area contributed by atoms with Gasteiger partial charge in [-0.25, -0.2) is 0 Å². The molecule has 0 saturated carbocycles. The van der Waals surface area contributed by atoms with Crippen molar-refractivity contribution >= 4 is 23.5 Å². The Hall–Kier alpha value is -2.40. The van der Waals surface area contributed by atoms with Gasteiger partial charge in [0.25, 0.3) is 5.56 Å². The second-order valence-corrected chi connectivity index (χ2v) is 9.32. The summed E-state index contributed by atoms with van der Waals surface area (Å²) in [6.07, 6.45) is 15.3. The highest BCUT2D eigenvalue weighted by atomic mass is 32.1. The van der Waals surface area contributed by atoms with Crippen LogP contribution in [0.5, 0.6) is 0 Å². The van der Waals surface area contributed by atoms with Crippen LogP contribution >= 0.6 is 11.5 Å². The lowest BCUT2D eigenvalue weighted by molar-refractivity contribution is -0.125. The molecule has 1 N–H and O–H groups in total. The number of rotatable bonds is 6. The first-order chi connectivity index (χ1) is 13.6. The molecule has 1 aromatic rings. The number of aromatic nitrogens is 1. The molecule has 0 spiro atoms. The summed E-state index contributed by atoms with van der Waals surface area (Å²) in [4.78, 5) is 26.4. The summed E-state index contributed by atoms with van der Waals surface area (Å²) >= 11 is 1.34. The van der Waals surface area contributed by atoms with Gasteiger partial charge in [0, 0.05) is 30.6 Å². The maximum absolute atomic E-state index is 12.6. The van der Waals surface area contributed by atoms with Crippen molar-refractivity contribution in [2.75, 3.05) is 14.1 Å². The number of carbonyl (C=O) groups is 1. The van der Waals surface area contributed by atoms with Crippen molar-refractivity contribution in [2.24, 2.45) is 5.41 Å². The Morgan fingerprint density at radius 1 is 1.21 bits per heavy atom. The number of allylic oxidation sites excluding steroid dienone is 8. The Morgan fingerprint density at radius 2 is 1.93 bits per heavy atom. The van der Waals surface area contributed by atoms with Gasteiger partial charge in [0.15, 0.2) is 0 Å². The average molecular weight is 413 g/mol. The molecular formula is C24H32N2O2S. The van der Waals surface area contributed by atoms with Crippen LogP contribution in [-0.2, 0) is 4.79 Å². The average Bonchev–Trinajstić information content (AvgIpc) is 3.03. The summed E-state index contributed by atoms with van der Waals surface area (Å²) in [5, 5.41) is 0. The molecule has 1 aliphatic rings. The maximum atomic E-state index is 12.6. The molecule has 0 radical (unpaired) electrons. The first kappa shape index (κ1) is 22.9. The van der Waals surface area contributed by atoms with E-state index in [2.05, 4.69) is 43.4 Å². The number of hydrogen-bond acceptors (Lipinski definition) is 3. The largest absolute Gasteiger partial charge is 0.345 e. The van der Waals surface area contributed by atoms with E-state index in [4.69, 9.17) is 0 Å². The van der Waals surface area contributed by atoms with Gasteiger partial charge < -0.3 is 4.90 Å². The lowest BCUT2D eigenvalue weighted by Crippen LogP contribution is -2.30. The summed E-state index contributed by atoms with van der Waals surface area (Å²) in [6.45, 7) is 8.50. The van der Waals surface area contributed by atoms with Gasteiger partial charge in [0.1, 0.15) is 0 Å². The van der Waals surface area contributed by atoms with E-state index in [1.165, 1.54) is 11.5 Å². The van der Waals surface area contributed by atoms with Crippen molar-refractivity contribution in [1.29, 1.82) is 0 Å². The predicted octanol–water partition coefficient (Wildman–Crippen LogP) is 5.49. The SMILES string of the molecule is CC(/C=C/C1=C(C(=O)N(C)C)CCCC1(C)C)=C\C=C\C(C)=C\c1cc(=O)[nH]s1. The van der Waals surface area contributed by atoms with Gasteiger partial charge in [-0.2, -0.15) is 0 Å². The minimum Gasteiger partial charge on any atom is -0.345 e. The van der Waals surface area contributed by atoms with Gasteiger partial charge >= 0.3 is 0 Å². The highest BCUT2D eigenvalue weighted by Crippen LogP contribution is 2.41. The third-order valence-electron chi connectivity index (χ3n) is 5.09. The van der Waals surface area contributed by atoms with Crippen LogP contribution in [0.3, 0.4) is 0 Å². The van der Waals surface area contributed by atoms with Crippen LogP contribution in [0.15, 0.2) is 63.5 Å². The molecule has 0 atom stereocenters. The number of aromatic amines is 1. The molecule has 1 amide bonds. The third kappa shape index (κ3) is 6.57. The molecule has 5 heteroatoms. The fraction of sp³-hybridized carbons (Fsp3) is 0.417. The molecule has 2 rings (SSSR count). The summed E-state index contributed by atoms with van der Waals surface area (Å²) in [5.74, 6) is 0.117. The molecular weight excluding hydrogens is 380 g/mol. The van der Waals surface area contributed by atoms with Crippen LogP contribution in [0.2, 0.25) is 0 Å². The van der Waals surface area contributed by atoms with Crippen LogP contribution in [0, 0.1) is 5.41 Å². The molecule has 0 saturated heterocycles. The highest BCUT2D eigenvalue weighted by molar-refractivity contribution is 7.06. The quantitative estimate of drug-likeness (QED) is 0.628. The molecule has 156 valence electrons. The van der Waals surface area contributed by atoms with Crippen molar-refractivity contribution < 1.29 is 4.79 Å².